The molecule has 25 heavy (non-hydrogen) atoms. The number of hydrogen-bond acceptors (Lipinski definition) is 3. The second-order valence-electron chi connectivity index (χ2n) is 6.14. The lowest BCUT2D eigenvalue weighted by molar-refractivity contribution is -0.860. The molecule has 0 heterocycles. The monoisotopic (exact) mass is 359 g/mol. The number of nitrogens with one attached hydrogen (secondary N) is 2. The zero-order chi connectivity index (χ0) is 18.1. The normalized spacial score (nSPS) is 12.0. The molecule has 0 fully saturated rings. The maximum Gasteiger partial charge on any atom is 0.231 e. The standard InChI is InChI=1S/C20H26N2O2S/c1-4-24-17-10-12-18(13-11-17)25-15-20(23)21-19(14-22(2)3)16-8-6-5-7-9-16/h5-13,19H,4,14-15H2,1-3H3,(H,21,23)/p+1/t19-/m1/s1. The molecule has 134 valence electrons. The van der Waals surface area contributed by atoms with Crippen molar-refractivity contribution in [3.8, 4) is 5.75 Å². The molecule has 1 amide bonds. The molecule has 2 rings (SSSR count). The first-order valence-corrected chi connectivity index (χ1v) is 9.56. The van der Waals surface area contributed by atoms with Gasteiger partial charge in [0.1, 0.15) is 18.3 Å². The van der Waals surface area contributed by atoms with Gasteiger partial charge < -0.3 is 15.0 Å². The van der Waals surface area contributed by atoms with Crippen molar-refractivity contribution in [2.75, 3.05) is 33.0 Å². The number of amides is 1. The summed E-state index contributed by atoms with van der Waals surface area (Å²) in [5, 5.41) is 3.16. The third-order valence-electron chi connectivity index (χ3n) is 3.65. The van der Waals surface area contributed by atoms with Crippen LogP contribution in [0.25, 0.3) is 0 Å². The summed E-state index contributed by atoms with van der Waals surface area (Å²) in [4.78, 5) is 14.7. The smallest absolute Gasteiger partial charge is 0.231 e. The van der Waals surface area contributed by atoms with Gasteiger partial charge in [-0.1, -0.05) is 30.3 Å². The van der Waals surface area contributed by atoms with Crippen LogP contribution in [0.5, 0.6) is 5.75 Å². The van der Waals surface area contributed by atoms with Gasteiger partial charge in [0.25, 0.3) is 0 Å². The minimum Gasteiger partial charge on any atom is -0.494 e. The molecule has 5 heteroatoms. The number of carbonyl (C=O) groups excluding carboxylic acids is 1. The number of thioether (sulfide) groups is 1. The Bertz CT molecular complexity index is 645. The van der Waals surface area contributed by atoms with E-state index in [9.17, 15) is 4.79 Å². The summed E-state index contributed by atoms with van der Waals surface area (Å²) in [7, 11) is 4.19. The number of ether oxygens (including phenoxy) is 1. The van der Waals surface area contributed by atoms with Crippen LogP contribution in [0, 0.1) is 0 Å². The van der Waals surface area contributed by atoms with Crippen LogP contribution >= 0.6 is 11.8 Å². The van der Waals surface area contributed by atoms with E-state index in [0.717, 1.165) is 22.8 Å². The molecule has 2 aromatic rings. The maximum atomic E-state index is 12.4. The summed E-state index contributed by atoms with van der Waals surface area (Å²) in [6.07, 6.45) is 0. The van der Waals surface area contributed by atoms with Crippen LogP contribution in [0.4, 0.5) is 0 Å². The fraction of sp³-hybridized carbons (Fsp3) is 0.350. The first-order valence-electron chi connectivity index (χ1n) is 8.57. The Labute approximate surface area is 154 Å². The number of benzene rings is 2. The number of quaternary nitrogens is 1. The van der Waals surface area contributed by atoms with Gasteiger partial charge in [0.2, 0.25) is 5.91 Å². The molecule has 0 aliphatic rings. The molecule has 0 aromatic heterocycles. The predicted octanol–water partition coefficient (Wildman–Crippen LogP) is 2.18. The van der Waals surface area contributed by atoms with Crippen LogP contribution in [0.1, 0.15) is 18.5 Å². The van der Waals surface area contributed by atoms with Gasteiger partial charge in [0.05, 0.1) is 26.5 Å². The fourth-order valence-corrected chi connectivity index (χ4v) is 3.24. The van der Waals surface area contributed by atoms with Gasteiger partial charge in [-0.2, -0.15) is 0 Å². The van der Waals surface area contributed by atoms with Crippen molar-refractivity contribution in [3.63, 3.8) is 0 Å². The SMILES string of the molecule is CCOc1ccc(SCC(=O)N[C@H](C[NH+](C)C)c2ccccc2)cc1. The van der Waals surface area contributed by atoms with Gasteiger partial charge in [0.15, 0.2) is 0 Å². The number of likely N-dealkylation sites (N-methyl/N-ethyl adjacent to an activating group) is 1. The van der Waals surface area contributed by atoms with Gasteiger partial charge in [0, 0.05) is 4.90 Å². The molecule has 0 saturated heterocycles. The average molecular weight is 360 g/mol. The molecule has 2 N–H and O–H groups in total. The highest BCUT2D eigenvalue weighted by atomic mass is 32.2. The molecule has 2 aromatic carbocycles. The van der Waals surface area contributed by atoms with Crippen molar-refractivity contribution in [1.29, 1.82) is 0 Å². The minimum atomic E-state index is 0.0274. The van der Waals surface area contributed by atoms with Crippen LogP contribution in [0.15, 0.2) is 59.5 Å². The molecule has 0 aliphatic heterocycles. The van der Waals surface area contributed by atoms with E-state index in [0.29, 0.717) is 12.4 Å². The summed E-state index contributed by atoms with van der Waals surface area (Å²) in [6, 6.07) is 18.0. The molecular weight excluding hydrogens is 332 g/mol. The Morgan fingerprint density at radius 2 is 1.80 bits per heavy atom. The van der Waals surface area contributed by atoms with E-state index in [1.807, 2.05) is 49.4 Å². The molecule has 0 saturated carbocycles. The van der Waals surface area contributed by atoms with Crippen LogP contribution < -0.4 is 15.0 Å². The average Bonchev–Trinajstić information content (AvgIpc) is 2.61. The Balaban J connectivity index is 1.90. The third kappa shape index (κ3) is 6.80. The Morgan fingerprint density at radius 3 is 2.40 bits per heavy atom. The predicted molar refractivity (Wildman–Crippen MR) is 103 cm³/mol. The van der Waals surface area contributed by atoms with Crippen LogP contribution in [-0.4, -0.2) is 38.9 Å². The molecule has 0 bridgehead atoms. The summed E-state index contributed by atoms with van der Waals surface area (Å²) >= 11 is 1.54. The zero-order valence-electron chi connectivity index (χ0n) is 15.1. The van der Waals surface area contributed by atoms with Gasteiger partial charge in [-0.25, -0.2) is 0 Å². The molecular formula is C20H27N2O2S+. The first kappa shape index (κ1) is 19.3. The molecule has 0 radical (unpaired) electrons. The van der Waals surface area contributed by atoms with Gasteiger partial charge in [-0.05, 0) is 36.8 Å². The summed E-state index contributed by atoms with van der Waals surface area (Å²) in [6.45, 7) is 3.47. The van der Waals surface area contributed by atoms with E-state index in [-0.39, 0.29) is 11.9 Å². The van der Waals surface area contributed by atoms with Crippen molar-refractivity contribution < 1.29 is 14.4 Å². The van der Waals surface area contributed by atoms with Gasteiger partial charge >= 0.3 is 0 Å². The highest BCUT2D eigenvalue weighted by Gasteiger charge is 2.17. The lowest BCUT2D eigenvalue weighted by Gasteiger charge is -2.20. The third-order valence-corrected chi connectivity index (χ3v) is 4.67. The first-order chi connectivity index (χ1) is 12.1. The van der Waals surface area contributed by atoms with Crippen LogP contribution in [-0.2, 0) is 4.79 Å². The van der Waals surface area contributed by atoms with E-state index in [1.54, 1.807) is 0 Å². The van der Waals surface area contributed by atoms with Crippen molar-refractivity contribution in [2.45, 2.75) is 17.9 Å². The van der Waals surface area contributed by atoms with Crippen molar-refractivity contribution in [1.82, 2.24) is 5.32 Å². The van der Waals surface area contributed by atoms with Crippen LogP contribution in [0.3, 0.4) is 0 Å². The van der Waals surface area contributed by atoms with E-state index in [1.165, 1.54) is 16.7 Å². The molecule has 0 spiro atoms. The van der Waals surface area contributed by atoms with Crippen molar-refractivity contribution in [3.05, 3.63) is 60.2 Å². The Kier molecular flexibility index (Phi) is 7.82. The van der Waals surface area contributed by atoms with E-state index >= 15 is 0 Å². The van der Waals surface area contributed by atoms with E-state index in [4.69, 9.17) is 4.74 Å². The minimum absolute atomic E-state index is 0.0274. The summed E-state index contributed by atoms with van der Waals surface area (Å²) < 4.78 is 5.43. The molecule has 4 nitrogen and oxygen atoms in total. The quantitative estimate of drug-likeness (QED) is 0.675. The topological polar surface area (TPSA) is 42.8 Å². The zero-order valence-corrected chi connectivity index (χ0v) is 15.9. The molecule has 1 atom stereocenters. The lowest BCUT2D eigenvalue weighted by atomic mass is 10.1. The fourth-order valence-electron chi connectivity index (χ4n) is 2.53. The number of carbonyl (C=O) groups is 1. The van der Waals surface area contributed by atoms with E-state index < -0.39 is 0 Å². The largest absolute Gasteiger partial charge is 0.494 e. The summed E-state index contributed by atoms with van der Waals surface area (Å²) in [5.74, 6) is 1.31. The lowest BCUT2D eigenvalue weighted by Crippen LogP contribution is -3.06. The Morgan fingerprint density at radius 1 is 1.12 bits per heavy atom. The van der Waals surface area contributed by atoms with Crippen LogP contribution in [0.2, 0.25) is 0 Å². The van der Waals surface area contributed by atoms with E-state index in [2.05, 4.69) is 31.5 Å². The molecule has 0 unspecified atom stereocenters. The Hall–Kier alpha value is -1.98. The highest BCUT2D eigenvalue weighted by molar-refractivity contribution is 8.00. The number of rotatable bonds is 9. The van der Waals surface area contributed by atoms with Crippen molar-refractivity contribution >= 4 is 17.7 Å². The highest BCUT2D eigenvalue weighted by Crippen LogP contribution is 2.21. The maximum absolute atomic E-state index is 12.4. The van der Waals surface area contributed by atoms with Gasteiger partial charge in [-0.15, -0.1) is 11.8 Å². The van der Waals surface area contributed by atoms with Crippen molar-refractivity contribution in [2.24, 2.45) is 0 Å². The summed E-state index contributed by atoms with van der Waals surface area (Å²) in [5.41, 5.74) is 1.14. The van der Waals surface area contributed by atoms with Gasteiger partial charge in [-0.3, -0.25) is 4.79 Å². The second-order valence-corrected chi connectivity index (χ2v) is 7.18. The number of hydrogen-bond donors (Lipinski definition) is 2. The molecule has 0 aliphatic carbocycles. The second kappa shape index (κ2) is 10.1.